The maximum absolute atomic E-state index is 5.90. The zero-order chi connectivity index (χ0) is 12.5. The lowest BCUT2D eigenvalue weighted by Gasteiger charge is -2.02. The van der Waals surface area contributed by atoms with Gasteiger partial charge in [-0.05, 0) is 27.5 Å². The molecule has 3 aromatic heterocycles. The Hall–Kier alpha value is -1.38. The molecule has 0 unspecified atom stereocenters. The molecule has 90 valence electrons. The summed E-state index contributed by atoms with van der Waals surface area (Å²) < 4.78 is 2.34. The second-order valence-corrected chi connectivity index (χ2v) is 5.14. The highest BCUT2D eigenvalue weighted by atomic mass is 79.9. The van der Waals surface area contributed by atoms with Crippen LogP contribution in [0.3, 0.4) is 0 Å². The van der Waals surface area contributed by atoms with Crippen molar-refractivity contribution in [3.63, 3.8) is 0 Å². The Balaban J connectivity index is 2.15. The molecule has 0 bridgehead atoms. The van der Waals surface area contributed by atoms with Crippen molar-refractivity contribution >= 4 is 38.9 Å². The molecule has 0 saturated carbocycles. The lowest BCUT2D eigenvalue weighted by atomic mass is 10.3. The topological polar surface area (TPSA) is 69.4 Å². The molecule has 0 aromatic carbocycles. The number of hydrogen-bond acceptors (Lipinski definition) is 6. The standard InChI is InChI=1S/C9H4BrClN6S/c10-6-2-18-1-5(6)7-14-8(11)16-9(15-7)17-4-12-3-13-17/h1-4H. The second-order valence-electron chi connectivity index (χ2n) is 3.20. The van der Waals surface area contributed by atoms with Crippen LogP contribution in [0.5, 0.6) is 0 Å². The summed E-state index contributed by atoms with van der Waals surface area (Å²) in [4.78, 5) is 16.3. The first kappa shape index (κ1) is 11.7. The number of thiophene rings is 1. The lowest BCUT2D eigenvalue weighted by Crippen LogP contribution is -2.04. The van der Waals surface area contributed by atoms with Gasteiger partial charge in [0.05, 0.1) is 0 Å². The van der Waals surface area contributed by atoms with E-state index < -0.39 is 0 Å². The molecule has 0 aliphatic carbocycles. The van der Waals surface area contributed by atoms with Crippen molar-refractivity contribution in [3.05, 3.63) is 33.2 Å². The van der Waals surface area contributed by atoms with Crippen LogP contribution < -0.4 is 0 Å². The summed E-state index contributed by atoms with van der Waals surface area (Å²) >= 11 is 10.9. The largest absolute Gasteiger partial charge is 0.256 e. The van der Waals surface area contributed by atoms with Crippen molar-refractivity contribution < 1.29 is 0 Å². The third kappa shape index (κ3) is 2.14. The molecular weight excluding hydrogens is 340 g/mol. The highest BCUT2D eigenvalue weighted by Gasteiger charge is 2.12. The van der Waals surface area contributed by atoms with Crippen LogP contribution in [-0.4, -0.2) is 29.7 Å². The lowest BCUT2D eigenvalue weighted by molar-refractivity contribution is 0.796. The van der Waals surface area contributed by atoms with Gasteiger partial charge in [-0.25, -0.2) is 4.98 Å². The van der Waals surface area contributed by atoms with E-state index in [1.165, 1.54) is 17.3 Å². The molecule has 0 aliphatic rings. The molecule has 0 amide bonds. The van der Waals surface area contributed by atoms with Gasteiger partial charge in [0.15, 0.2) is 5.82 Å². The van der Waals surface area contributed by atoms with E-state index in [1.54, 1.807) is 11.3 Å². The average molecular weight is 344 g/mol. The Labute approximate surface area is 119 Å². The van der Waals surface area contributed by atoms with Crippen LogP contribution in [0, 0.1) is 0 Å². The fourth-order valence-corrected chi connectivity index (χ4v) is 2.92. The van der Waals surface area contributed by atoms with Crippen LogP contribution in [0.15, 0.2) is 27.9 Å². The maximum atomic E-state index is 5.90. The fraction of sp³-hybridized carbons (Fsp3) is 0. The van der Waals surface area contributed by atoms with Crippen LogP contribution in [0.2, 0.25) is 5.28 Å². The molecule has 3 rings (SSSR count). The van der Waals surface area contributed by atoms with Crippen molar-refractivity contribution in [1.82, 2.24) is 29.7 Å². The summed E-state index contributed by atoms with van der Waals surface area (Å²) in [5.41, 5.74) is 0.866. The normalized spacial score (nSPS) is 10.8. The first-order valence-corrected chi connectivity index (χ1v) is 6.84. The third-order valence-corrected chi connectivity index (χ3v) is 3.95. The van der Waals surface area contributed by atoms with Crippen LogP contribution in [0.1, 0.15) is 0 Å². The number of hydrogen-bond donors (Lipinski definition) is 0. The average Bonchev–Trinajstić information content (AvgIpc) is 2.98. The Bertz CT molecular complexity index is 682. The van der Waals surface area contributed by atoms with Crippen molar-refractivity contribution in [2.24, 2.45) is 0 Å². The van der Waals surface area contributed by atoms with Crippen molar-refractivity contribution in [3.8, 4) is 17.3 Å². The van der Waals surface area contributed by atoms with E-state index >= 15 is 0 Å². The zero-order valence-electron chi connectivity index (χ0n) is 8.66. The smallest absolute Gasteiger partial charge is 0.223 e. The maximum Gasteiger partial charge on any atom is 0.256 e. The monoisotopic (exact) mass is 342 g/mol. The highest BCUT2D eigenvalue weighted by Crippen LogP contribution is 2.29. The summed E-state index contributed by atoms with van der Waals surface area (Å²) in [5, 5.41) is 7.95. The van der Waals surface area contributed by atoms with E-state index in [4.69, 9.17) is 11.6 Å². The zero-order valence-corrected chi connectivity index (χ0v) is 11.8. The molecule has 6 nitrogen and oxygen atoms in total. The van der Waals surface area contributed by atoms with Gasteiger partial charge in [0.1, 0.15) is 12.7 Å². The van der Waals surface area contributed by atoms with Gasteiger partial charge in [-0.3, -0.25) is 0 Å². The van der Waals surface area contributed by atoms with E-state index in [1.807, 2.05) is 10.8 Å². The Morgan fingerprint density at radius 2 is 2.11 bits per heavy atom. The van der Waals surface area contributed by atoms with Crippen molar-refractivity contribution in [2.75, 3.05) is 0 Å². The molecule has 3 heterocycles. The number of halogens is 2. The molecule has 18 heavy (non-hydrogen) atoms. The Morgan fingerprint density at radius 3 is 2.78 bits per heavy atom. The minimum Gasteiger partial charge on any atom is -0.223 e. The minimum absolute atomic E-state index is 0.114. The second kappa shape index (κ2) is 4.71. The molecule has 0 fully saturated rings. The van der Waals surface area contributed by atoms with Crippen molar-refractivity contribution in [1.29, 1.82) is 0 Å². The third-order valence-electron chi connectivity index (χ3n) is 2.08. The molecule has 3 aromatic rings. The van der Waals surface area contributed by atoms with Crippen molar-refractivity contribution in [2.45, 2.75) is 0 Å². The minimum atomic E-state index is 0.114. The summed E-state index contributed by atoms with van der Waals surface area (Å²) in [6.45, 7) is 0. The van der Waals surface area contributed by atoms with Crippen LogP contribution in [0.25, 0.3) is 17.3 Å². The molecule has 0 radical (unpaired) electrons. The SMILES string of the molecule is Clc1nc(-c2cscc2Br)nc(-n2cncn2)n1. The van der Waals surface area contributed by atoms with E-state index in [2.05, 4.69) is 41.0 Å². The van der Waals surface area contributed by atoms with Crippen LogP contribution in [-0.2, 0) is 0 Å². The molecule has 0 spiro atoms. The number of aromatic nitrogens is 6. The Kier molecular flexibility index (Phi) is 3.06. The van der Waals surface area contributed by atoms with Gasteiger partial charge in [-0.15, -0.1) is 0 Å². The van der Waals surface area contributed by atoms with Gasteiger partial charge < -0.3 is 0 Å². The van der Waals surface area contributed by atoms with Gasteiger partial charge in [0.2, 0.25) is 5.28 Å². The van der Waals surface area contributed by atoms with E-state index in [9.17, 15) is 0 Å². The van der Waals surface area contributed by atoms with Gasteiger partial charge in [0, 0.05) is 20.8 Å². The van der Waals surface area contributed by atoms with E-state index in [0.717, 1.165) is 10.0 Å². The first-order valence-electron chi connectivity index (χ1n) is 4.72. The quantitative estimate of drug-likeness (QED) is 0.715. The molecule has 0 N–H and O–H groups in total. The van der Waals surface area contributed by atoms with Gasteiger partial charge in [-0.1, -0.05) is 0 Å². The number of nitrogens with zero attached hydrogens (tertiary/aromatic N) is 6. The van der Waals surface area contributed by atoms with Gasteiger partial charge in [-0.2, -0.15) is 36.1 Å². The van der Waals surface area contributed by atoms with Crippen LogP contribution in [0.4, 0.5) is 0 Å². The molecule has 0 atom stereocenters. The molecular formula is C9H4BrClN6S. The summed E-state index contributed by atoms with van der Waals surface area (Å²) in [6, 6.07) is 0. The van der Waals surface area contributed by atoms with Gasteiger partial charge in [0.25, 0.3) is 5.95 Å². The number of rotatable bonds is 2. The predicted octanol–water partition coefficient (Wildman–Crippen LogP) is 2.60. The summed E-state index contributed by atoms with van der Waals surface area (Å²) in [7, 11) is 0. The van der Waals surface area contributed by atoms with E-state index in [0.29, 0.717) is 11.8 Å². The molecule has 0 aliphatic heterocycles. The van der Waals surface area contributed by atoms with E-state index in [-0.39, 0.29) is 5.28 Å². The van der Waals surface area contributed by atoms with Crippen LogP contribution >= 0.6 is 38.9 Å². The first-order chi connectivity index (χ1) is 8.74. The van der Waals surface area contributed by atoms with Gasteiger partial charge >= 0.3 is 0 Å². The summed E-state index contributed by atoms with van der Waals surface area (Å²) in [6.07, 6.45) is 2.90. The highest BCUT2D eigenvalue weighted by molar-refractivity contribution is 9.10. The summed E-state index contributed by atoms with van der Waals surface area (Å²) in [5.74, 6) is 0.828. The predicted molar refractivity (Wildman–Crippen MR) is 70.8 cm³/mol. The Morgan fingerprint density at radius 1 is 1.22 bits per heavy atom. The molecule has 0 saturated heterocycles. The fourth-order valence-electron chi connectivity index (χ4n) is 1.32. The molecule has 9 heteroatoms.